The Morgan fingerprint density at radius 3 is 0.972 bits per heavy atom. The Balaban J connectivity index is 1.38. The van der Waals surface area contributed by atoms with E-state index >= 15 is 0 Å². The second kappa shape index (κ2) is 11.4. The van der Waals surface area contributed by atoms with Gasteiger partial charge in [0.1, 0.15) is 0 Å². The van der Waals surface area contributed by atoms with Gasteiger partial charge in [-0.15, -0.1) is 0 Å². The lowest BCUT2D eigenvalue weighted by Gasteiger charge is -2.42. The van der Waals surface area contributed by atoms with Gasteiger partial charge in [-0.25, -0.2) is 0 Å². The SMILES string of the molecule is c1ccc(P(c2ccccc2)N2CCC[C@H]2[C@@H]2CCCN2P(c2ccccc2)c2ccccc2)cc1. The van der Waals surface area contributed by atoms with Gasteiger partial charge in [0, 0.05) is 41.3 Å². The van der Waals surface area contributed by atoms with Crippen LogP contribution < -0.4 is 21.2 Å². The van der Waals surface area contributed by atoms with Gasteiger partial charge in [0.25, 0.3) is 0 Å². The molecule has 0 radical (unpaired) electrons. The minimum absolute atomic E-state index is 0.540. The molecule has 2 heterocycles. The van der Waals surface area contributed by atoms with Gasteiger partial charge in [-0.1, -0.05) is 121 Å². The molecule has 6 rings (SSSR count). The predicted molar refractivity (Wildman–Crippen MR) is 158 cm³/mol. The Morgan fingerprint density at radius 1 is 0.417 bits per heavy atom. The van der Waals surface area contributed by atoms with Crippen molar-refractivity contribution in [2.45, 2.75) is 37.8 Å². The molecule has 0 spiro atoms. The largest absolute Gasteiger partial charge is 0.270 e. The van der Waals surface area contributed by atoms with Crippen LogP contribution in [-0.4, -0.2) is 34.5 Å². The van der Waals surface area contributed by atoms with Gasteiger partial charge >= 0.3 is 0 Å². The van der Waals surface area contributed by atoms with Crippen molar-refractivity contribution in [1.82, 2.24) is 9.34 Å². The van der Waals surface area contributed by atoms with Gasteiger partial charge in [0.15, 0.2) is 0 Å². The molecular weight excluding hydrogens is 474 g/mol. The van der Waals surface area contributed by atoms with Gasteiger partial charge in [0.05, 0.1) is 0 Å². The topological polar surface area (TPSA) is 6.48 Å². The summed E-state index contributed by atoms with van der Waals surface area (Å²) in [4.78, 5) is 0. The van der Waals surface area contributed by atoms with Crippen LogP contribution in [0.5, 0.6) is 0 Å². The number of benzene rings is 4. The van der Waals surface area contributed by atoms with E-state index in [1.54, 1.807) is 0 Å². The van der Waals surface area contributed by atoms with Crippen LogP contribution in [0.2, 0.25) is 0 Å². The third kappa shape index (κ3) is 4.93. The van der Waals surface area contributed by atoms with E-state index in [9.17, 15) is 0 Å². The zero-order valence-corrected chi connectivity index (χ0v) is 22.5. The Kier molecular flexibility index (Phi) is 7.59. The Morgan fingerprint density at radius 2 is 0.694 bits per heavy atom. The van der Waals surface area contributed by atoms with Crippen molar-refractivity contribution < 1.29 is 0 Å². The summed E-state index contributed by atoms with van der Waals surface area (Å²) in [6.07, 6.45) is 5.18. The molecule has 4 heteroatoms. The fourth-order valence-corrected chi connectivity index (χ4v) is 11.4. The first kappa shape index (κ1) is 24.0. The highest BCUT2D eigenvalue weighted by molar-refractivity contribution is 7.71. The molecule has 2 saturated heterocycles. The van der Waals surface area contributed by atoms with Crippen LogP contribution in [0.25, 0.3) is 0 Å². The molecule has 182 valence electrons. The highest BCUT2D eigenvalue weighted by Gasteiger charge is 2.43. The highest BCUT2D eigenvalue weighted by atomic mass is 31.1. The van der Waals surface area contributed by atoms with Gasteiger partial charge in [-0.3, -0.25) is 9.34 Å². The maximum Gasteiger partial charge on any atom is 0.0299 e. The fourth-order valence-electron chi connectivity index (χ4n) is 6.00. The molecule has 2 aliphatic rings. The lowest BCUT2D eigenvalue weighted by atomic mass is 10.1. The summed E-state index contributed by atoms with van der Waals surface area (Å²) in [6, 6.07) is 46.3. The van der Waals surface area contributed by atoms with E-state index < -0.39 is 16.1 Å². The second-order valence-electron chi connectivity index (χ2n) is 9.71. The Hall–Kier alpha value is -2.34. The maximum atomic E-state index is 2.91. The van der Waals surface area contributed by atoms with E-state index in [-0.39, 0.29) is 0 Å². The van der Waals surface area contributed by atoms with Crippen molar-refractivity contribution >= 4 is 37.4 Å². The zero-order chi connectivity index (χ0) is 24.2. The summed E-state index contributed by atoms with van der Waals surface area (Å²) in [5.41, 5.74) is 0. The average molecular weight is 509 g/mol. The molecule has 0 N–H and O–H groups in total. The van der Waals surface area contributed by atoms with Crippen LogP contribution in [0.3, 0.4) is 0 Å². The van der Waals surface area contributed by atoms with E-state index in [1.165, 1.54) is 60.0 Å². The van der Waals surface area contributed by atoms with Crippen molar-refractivity contribution in [3.8, 4) is 0 Å². The molecule has 4 aromatic carbocycles. The van der Waals surface area contributed by atoms with E-state index in [0.29, 0.717) is 12.1 Å². The van der Waals surface area contributed by atoms with Crippen molar-refractivity contribution in [2.24, 2.45) is 0 Å². The molecule has 0 unspecified atom stereocenters. The van der Waals surface area contributed by atoms with Crippen LogP contribution in [0, 0.1) is 0 Å². The summed E-state index contributed by atoms with van der Waals surface area (Å²) in [5, 5.41) is 5.90. The first-order valence-electron chi connectivity index (χ1n) is 13.2. The van der Waals surface area contributed by atoms with E-state index in [1.807, 2.05) is 0 Å². The summed E-state index contributed by atoms with van der Waals surface area (Å²) in [7, 11) is -1.08. The molecule has 0 saturated carbocycles. The first-order chi connectivity index (χ1) is 17.9. The summed E-state index contributed by atoms with van der Waals surface area (Å²) >= 11 is 0. The number of hydrogen-bond acceptors (Lipinski definition) is 2. The Labute approximate surface area is 218 Å². The second-order valence-corrected chi connectivity index (χ2v) is 14.1. The van der Waals surface area contributed by atoms with Crippen LogP contribution in [-0.2, 0) is 0 Å². The lowest BCUT2D eigenvalue weighted by molar-refractivity contribution is 0.276. The van der Waals surface area contributed by atoms with Gasteiger partial charge in [-0.2, -0.15) is 0 Å². The predicted octanol–water partition coefficient (Wildman–Crippen LogP) is 6.01. The molecule has 2 fully saturated rings. The smallest absolute Gasteiger partial charge is 0.0299 e. The van der Waals surface area contributed by atoms with Crippen LogP contribution in [0.1, 0.15) is 25.7 Å². The molecule has 4 aromatic rings. The van der Waals surface area contributed by atoms with Crippen LogP contribution >= 0.6 is 16.1 Å². The van der Waals surface area contributed by atoms with Gasteiger partial charge in [-0.05, 0) is 46.9 Å². The molecule has 2 atom stereocenters. The summed E-state index contributed by atoms with van der Waals surface area (Å²) in [6.45, 7) is 2.39. The molecule has 36 heavy (non-hydrogen) atoms. The van der Waals surface area contributed by atoms with Crippen LogP contribution in [0.4, 0.5) is 0 Å². The van der Waals surface area contributed by atoms with Crippen LogP contribution in [0.15, 0.2) is 121 Å². The van der Waals surface area contributed by atoms with E-state index in [2.05, 4.69) is 131 Å². The summed E-state index contributed by atoms with van der Waals surface area (Å²) in [5.74, 6) is 0. The van der Waals surface area contributed by atoms with Gasteiger partial charge in [0.2, 0.25) is 0 Å². The number of rotatable bonds is 7. The molecule has 0 aliphatic carbocycles. The molecule has 0 amide bonds. The van der Waals surface area contributed by atoms with Crippen molar-refractivity contribution in [3.05, 3.63) is 121 Å². The minimum atomic E-state index is -0.540. The quantitative estimate of drug-likeness (QED) is 0.282. The highest BCUT2D eigenvalue weighted by Crippen LogP contribution is 2.51. The monoisotopic (exact) mass is 508 g/mol. The van der Waals surface area contributed by atoms with Crippen molar-refractivity contribution in [3.63, 3.8) is 0 Å². The Bertz CT molecular complexity index is 1040. The number of nitrogens with zero attached hydrogens (tertiary/aromatic N) is 2. The molecular formula is C32H34N2P2. The molecule has 2 aliphatic heterocycles. The van der Waals surface area contributed by atoms with Gasteiger partial charge < -0.3 is 0 Å². The average Bonchev–Trinajstić information content (AvgIpc) is 3.62. The molecule has 0 bridgehead atoms. The van der Waals surface area contributed by atoms with Crippen molar-refractivity contribution in [2.75, 3.05) is 13.1 Å². The maximum absolute atomic E-state index is 2.91. The normalized spacial score (nSPS) is 20.9. The molecule has 2 nitrogen and oxygen atoms in total. The number of hydrogen-bond donors (Lipinski definition) is 0. The minimum Gasteiger partial charge on any atom is -0.270 e. The first-order valence-corrected chi connectivity index (χ1v) is 15.8. The van der Waals surface area contributed by atoms with E-state index in [4.69, 9.17) is 0 Å². The molecule has 0 aromatic heterocycles. The standard InChI is InChI=1S/C32H34N2P2/c1-5-15-27(16-6-1)35(28-17-7-2-8-18-28)33-25-13-23-31(33)32-24-14-26-34(32)36(29-19-9-3-10-20-29)30-21-11-4-12-22-30/h1-12,15-22,31-32H,13-14,23-26H2/t31-,32-/m0/s1. The van der Waals surface area contributed by atoms with E-state index in [0.717, 1.165) is 0 Å². The third-order valence-corrected chi connectivity index (χ3v) is 12.7. The zero-order valence-electron chi connectivity index (χ0n) is 20.7. The van der Waals surface area contributed by atoms with Crippen molar-refractivity contribution in [1.29, 1.82) is 0 Å². The summed E-state index contributed by atoms with van der Waals surface area (Å²) < 4.78 is 5.82. The third-order valence-electron chi connectivity index (χ3n) is 7.50. The lowest BCUT2D eigenvalue weighted by Crippen LogP contribution is -2.46. The fraction of sp³-hybridized carbons (Fsp3) is 0.250.